The van der Waals surface area contributed by atoms with Crippen molar-refractivity contribution in [3.05, 3.63) is 0 Å². The fraction of sp³-hybridized carbons (Fsp3) is 0.929. The highest BCUT2D eigenvalue weighted by atomic mass is 19.4. The number of esters is 1. The van der Waals surface area contributed by atoms with E-state index in [4.69, 9.17) is 0 Å². The van der Waals surface area contributed by atoms with Gasteiger partial charge in [-0.25, -0.2) is 0 Å². The van der Waals surface area contributed by atoms with Crippen molar-refractivity contribution in [3.63, 3.8) is 0 Å². The molecule has 2 unspecified atom stereocenters. The molecule has 0 aromatic rings. The van der Waals surface area contributed by atoms with Crippen LogP contribution in [-0.4, -0.2) is 18.8 Å². The van der Waals surface area contributed by atoms with Gasteiger partial charge in [-0.05, 0) is 23.7 Å². The molecule has 0 aliphatic rings. The van der Waals surface area contributed by atoms with Gasteiger partial charge in [0.05, 0.1) is 5.92 Å². The molecule has 0 rings (SSSR count). The first-order valence-electron chi connectivity index (χ1n) is 6.58. The third kappa shape index (κ3) is 7.43. The molecular weight excluding hydrogens is 257 g/mol. The van der Waals surface area contributed by atoms with Crippen molar-refractivity contribution in [2.45, 2.75) is 54.1 Å². The molecule has 0 aliphatic carbocycles. The summed E-state index contributed by atoms with van der Waals surface area (Å²) in [7, 11) is 0. The van der Waals surface area contributed by atoms with Crippen LogP contribution in [-0.2, 0) is 9.53 Å². The van der Waals surface area contributed by atoms with Crippen LogP contribution < -0.4 is 0 Å². The summed E-state index contributed by atoms with van der Waals surface area (Å²) in [6, 6.07) is 0. The second kappa shape index (κ2) is 6.62. The summed E-state index contributed by atoms with van der Waals surface area (Å²) in [6.07, 6.45) is -3.69. The summed E-state index contributed by atoms with van der Waals surface area (Å²) in [4.78, 5) is 11.9. The number of hydrogen-bond acceptors (Lipinski definition) is 2. The second-order valence-corrected chi connectivity index (χ2v) is 6.67. The van der Waals surface area contributed by atoms with Crippen LogP contribution in [0.5, 0.6) is 0 Å². The maximum absolute atomic E-state index is 12.1. The first-order valence-corrected chi connectivity index (χ1v) is 6.58. The van der Waals surface area contributed by atoms with Crippen LogP contribution in [0.4, 0.5) is 13.2 Å². The molecule has 0 saturated heterocycles. The van der Waals surface area contributed by atoms with Crippen molar-refractivity contribution < 1.29 is 22.7 Å². The van der Waals surface area contributed by atoms with E-state index in [0.29, 0.717) is 5.92 Å². The molecule has 19 heavy (non-hydrogen) atoms. The van der Waals surface area contributed by atoms with Crippen molar-refractivity contribution in [3.8, 4) is 0 Å². The zero-order valence-electron chi connectivity index (χ0n) is 12.6. The molecule has 0 amide bonds. The molecule has 0 N–H and O–H groups in total. The highest BCUT2D eigenvalue weighted by molar-refractivity contribution is 5.73. The van der Waals surface area contributed by atoms with Crippen LogP contribution >= 0.6 is 0 Å². The third-order valence-electron chi connectivity index (χ3n) is 2.98. The molecule has 2 nitrogen and oxygen atoms in total. The smallest absolute Gasteiger partial charge is 0.422 e. The van der Waals surface area contributed by atoms with Gasteiger partial charge >= 0.3 is 12.1 Å². The highest BCUT2D eigenvalue weighted by Crippen LogP contribution is 2.36. The quantitative estimate of drug-likeness (QED) is 0.697. The van der Waals surface area contributed by atoms with Gasteiger partial charge in [0.1, 0.15) is 0 Å². The Morgan fingerprint density at radius 3 is 1.89 bits per heavy atom. The zero-order valence-corrected chi connectivity index (χ0v) is 12.6. The van der Waals surface area contributed by atoms with Crippen molar-refractivity contribution in [2.24, 2.45) is 23.2 Å². The molecule has 0 saturated carbocycles. The Kier molecular flexibility index (Phi) is 6.36. The first kappa shape index (κ1) is 18.3. The lowest BCUT2D eigenvalue weighted by molar-refractivity contribution is -0.193. The van der Waals surface area contributed by atoms with Crippen molar-refractivity contribution >= 4 is 5.97 Å². The summed E-state index contributed by atoms with van der Waals surface area (Å²) in [6.45, 7) is 9.99. The topological polar surface area (TPSA) is 26.3 Å². The van der Waals surface area contributed by atoms with Gasteiger partial charge in [0.25, 0.3) is 0 Å². The van der Waals surface area contributed by atoms with Gasteiger partial charge in [-0.3, -0.25) is 4.79 Å². The van der Waals surface area contributed by atoms with Crippen LogP contribution in [0.1, 0.15) is 48.0 Å². The van der Waals surface area contributed by atoms with E-state index < -0.39 is 30.1 Å². The largest absolute Gasteiger partial charge is 0.456 e. The fourth-order valence-electron chi connectivity index (χ4n) is 2.56. The molecule has 0 heterocycles. The summed E-state index contributed by atoms with van der Waals surface area (Å²) in [5, 5.41) is 0. The van der Waals surface area contributed by atoms with Crippen molar-refractivity contribution in [1.29, 1.82) is 0 Å². The Morgan fingerprint density at radius 2 is 1.58 bits per heavy atom. The molecule has 0 spiro atoms. The number of carbonyl (C=O) groups is 1. The number of ether oxygens (including phenoxy) is 1. The van der Waals surface area contributed by atoms with Gasteiger partial charge in [-0.2, -0.15) is 13.2 Å². The van der Waals surface area contributed by atoms with E-state index in [9.17, 15) is 18.0 Å². The lowest BCUT2D eigenvalue weighted by Crippen LogP contribution is -2.37. The normalized spacial score (nSPS) is 16.3. The maximum Gasteiger partial charge on any atom is 0.422 e. The van der Waals surface area contributed by atoms with E-state index in [1.165, 1.54) is 0 Å². The molecule has 0 radical (unpaired) electrons. The Balaban J connectivity index is 4.81. The minimum absolute atomic E-state index is 0.0132. The Hall–Kier alpha value is -0.740. The molecule has 0 aromatic heterocycles. The predicted octanol–water partition coefficient (Wildman–Crippen LogP) is 4.44. The Labute approximate surface area is 113 Å². The Morgan fingerprint density at radius 1 is 1.11 bits per heavy atom. The predicted molar refractivity (Wildman–Crippen MR) is 68.6 cm³/mol. The average molecular weight is 282 g/mol. The van der Waals surface area contributed by atoms with Gasteiger partial charge in [0, 0.05) is 0 Å². The van der Waals surface area contributed by atoms with Gasteiger partial charge in [0.2, 0.25) is 0 Å². The van der Waals surface area contributed by atoms with E-state index in [0.717, 1.165) is 6.42 Å². The average Bonchev–Trinajstić information content (AvgIpc) is 2.09. The van der Waals surface area contributed by atoms with Crippen LogP contribution in [0.3, 0.4) is 0 Å². The maximum atomic E-state index is 12.1. The number of hydrogen-bond donors (Lipinski definition) is 0. The molecule has 5 heteroatoms. The minimum Gasteiger partial charge on any atom is -0.456 e. The summed E-state index contributed by atoms with van der Waals surface area (Å²) in [5.74, 6) is -0.911. The minimum atomic E-state index is -4.47. The van der Waals surface area contributed by atoms with Gasteiger partial charge in [-0.1, -0.05) is 41.5 Å². The van der Waals surface area contributed by atoms with Gasteiger partial charge in [0.15, 0.2) is 6.61 Å². The van der Waals surface area contributed by atoms with Gasteiger partial charge < -0.3 is 4.74 Å². The summed E-state index contributed by atoms with van der Waals surface area (Å²) in [5.41, 5.74) is -0.420. The summed E-state index contributed by atoms with van der Waals surface area (Å²) < 4.78 is 40.8. The number of alkyl halides is 3. The number of rotatable bonds is 5. The lowest BCUT2D eigenvalue weighted by atomic mass is 9.71. The molecule has 0 fully saturated rings. The molecular formula is C14H25F3O2. The molecule has 0 aliphatic heterocycles. The molecule has 0 aromatic carbocycles. The van der Waals surface area contributed by atoms with Crippen LogP contribution in [0, 0.1) is 23.2 Å². The molecule has 2 atom stereocenters. The van der Waals surface area contributed by atoms with Crippen molar-refractivity contribution in [2.75, 3.05) is 6.61 Å². The van der Waals surface area contributed by atoms with Crippen LogP contribution in [0.15, 0.2) is 0 Å². The third-order valence-corrected chi connectivity index (χ3v) is 2.98. The van der Waals surface area contributed by atoms with Crippen LogP contribution in [0.2, 0.25) is 0 Å². The van der Waals surface area contributed by atoms with E-state index >= 15 is 0 Å². The van der Waals surface area contributed by atoms with Crippen LogP contribution in [0.25, 0.3) is 0 Å². The lowest BCUT2D eigenvalue weighted by Gasteiger charge is -2.34. The number of carbonyl (C=O) groups excluding carboxylic acids is 1. The fourth-order valence-corrected chi connectivity index (χ4v) is 2.56. The van der Waals surface area contributed by atoms with E-state index in [2.05, 4.69) is 4.74 Å². The van der Waals surface area contributed by atoms with E-state index in [-0.39, 0.29) is 5.92 Å². The number of halogens is 3. The second-order valence-electron chi connectivity index (χ2n) is 6.67. The van der Waals surface area contributed by atoms with E-state index in [1.807, 2.05) is 41.5 Å². The summed E-state index contributed by atoms with van der Waals surface area (Å²) >= 11 is 0. The first-order chi connectivity index (χ1) is 8.34. The monoisotopic (exact) mass is 282 g/mol. The van der Waals surface area contributed by atoms with E-state index in [1.54, 1.807) is 0 Å². The standard InChI is InChI=1S/C14H25F3O2/c1-9(2)7-10(3)11(13(4,5)6)12(18)19-8-14(15,16)17/h9-11H,7-8H2,1-6H3. The van der Waals surface area contributed by atoms with Gasteiger partial charge in [-0.15, -0.1) is 0 Å². The Bertz CT molecular complexity index is 290. The highest BCUT2D eigenvalue weighted by Gasteiger charge is 2.39. The van der Waals surface area contributed by atoms with Crippen molar-refractivity contribution in [1.82, 2.24) is 0 Å². The SMILES string of the molecule is CC(C)CC(C)C(C(=O)OCC(F)(F)F)C(C)(C)C. The molecule has 114 valence electrons. The zero-order chi connectivity index (χ0) is 15.4. The molecule has 0 bridgehead atoms.